The van der Waals surface area contributed by atoms with Gasteiger partial charge in [-0.05, 0) is 50.0 Å². The summed E-state index contributed by atoms with van der Waals surface area (Å²) < 4.78 is 19.5. The molecule has 0 saturated heterocycles. The van der Waals surface area contributed by atoms with Gasteiger partial charge in [-0.3, -0.25) is 19.7 Å². The molecule has 3 aromatic rings. The molecule has 30 heavy (non-hydrogen) atoms. The summed E-state index contributed by atoms with van der Waals surface area (Å²) in [4.78, 5) is 40.2. The highest BCUT2D eigenvalue weighted by atomic mass is 19.1. The van der Waals surface area contributed by atoms with Gasteiger partial charge in [-0.1, -0.05) is 0 Å². The van der Waals surface area contributed by atoms with Gasteiger partial charge in [0.25, 0.3) is 11.6 Å². The van der Waals surface area contributed by atoms with Crippen LogP contribution in [0.3, 0.4) is 0 Å². The van der Waals surface area contributed by atoms with Crippen LogP contribution in [0.15, 0.2) is 51.7 Å². The van der Waals surface area contributed by atoms with Crippen LogP contribution in [-0.2, 0) is 0 Å². The number of amides is 1. The number of likely N-dealkylation sites (N-methyl/N-ethyl adjacent to an activating group) is 1. The van der Waals surface area contributed by atoms with Crippen molar-refractivity contribution in [3.63, 3.8) is 0 Å². The first kappa shape index (κ1) is 19.7. The van der Waals surface area contributed by atoms with E-state index >= 15 is 0 Å². The summed E-state index contributed by atoms with van der Waals surface area (Å²) in [5, 5.41) is 11.0. The molecule has 0 fully saturated rings. The third-order valence-corrected chi connectivity index (χ3v) is 5.14. The van der Waals surface area contributed by atoms with Gasteiger partial charge in [-0.25, -0.2) is 4.39 Å². The van der Waals surface area contributed by atoms with E-state index in [4.69, 9.17) is 4.42 Å². The summed E-state index contributed by atoms with van der Waals surface area (Å²) in [6, 6.07) is 8.47. The summed E-state index contributed by atoms with van der Waals surface area (Å²) in [6.45, 7) is 0.841. The number of nitro benzene ring substituents is 1. The van der Waals surface area contributed by atoms with Gasteiger partial charge in [-0.2, -0.15) is 0 Å². The average Bonchev–Trinajstić information content (AvgIpc) is 2.99. The second-order valence-corrected chi connectivity index (χ2v) is 7.37. The highest BCUT2D eigenvalue weighted by Gasteiger charge is 2.42. The molecule has 0 radical (unpaired) electrons. The first-order valence-electron chi connectivity index (χ1n) is 9.24. The minimum atomic E-state index is -0.780. The molecule has 2 heterocycles. The smallest absolute Gasteiger partial charge is 0.290 e. The zero-order chi connectivity index (χ0) is 21.6. The standard InChI is InChI=1S/C21H18FN3O5/c1-23(2)9-10-24-18(12-3-6-14(7-4-12)25(28)29)17-19(26)15-11-13(22)5-8-16(15)30-20(17)21(24)27/h3-8,11,18H,9-10H2,1-2H3/t18-/m1/s1. The molecule has 4 rings (SSSR count). The molecule has 1 aliphatic heterocycles. The SMILES string of the molecule is CN(C)CCN1C(=O)c2oc3ccc(F)cc3c(=O)c2[C@H]1c1ccc([N+](=O)[O-])cc1. The molecule has 1 aliphatic rings. The monoisotopic (exact) mass is 411 g/mol. The van der Waals surface area contributed by atoms with E-state index in [2.05, 4.69) is 0 Å². The van der Waals surface area contributed by atoms with E-state index in [9.17, 15) is 24.1 Å². The molecule has 2 aromatic carbocycles. The number of benzene rings is 2. The summed E-state index contributed by atoms with van der Waals surface area (Å²) in [5.41, 5.74) is 0.191. The molecule has 0 aliphatic carbocycles. The predicted molar refractivity (Wildman–Crippen MR) is 107 cm³/mol. The van der Waals surface area contributed by atoms with Gasteiger partial charge in [0.1, 0.15) is 11.4 Å². The second kappa shape index (κ2) is 7.34. The molecule has 0 N–H and O–H groups in total. The van der Waals surface area contributed by atoms with Crippen molar-refractivity contribution >= 4 is 22.6 Å². The summed E-state index contributed by atoms with van der Waals surface area (Å²) in [5.74, 6) is -1.12. The first-order chi connectivity index (χ1) is 14.3. The minimum Gasteiger partial charge on any atom is -0.450 e. The lowest BCUT2D eigenvalue weighted by molar-refractivity contribution is -0.384. The molecular weight excluding hydrogens is 393 g/mol. The zero-order valence-corrected chi connectivity index (χ0v) is 16.3. The van der Waals surface area contributed by atoms with Crippen LogP contribution < -0.4 is 5.43 Å². The molecule has 0 bridgehead atoms. The molecule has 0 unspecified atom stereocenters. The topological polar surface area (TPSA) is 96.9 Å². The van der Waals surface area contributed by atoms with E-state index in [1.807, 2.05) is 19.0 Å². The Bertz CT molecular complexity index is 1220. The van der Waals surface area contributed by atoms with Gasteiger partial charge in [0.15, 0.2) is 5.43 Å². The maximum Gasteiger partial charge on any atom is 0.290 e. The van der Waals surface area contributed by atoms with E-state index < -0.39 is 28.1 Å². The Hall–Kier alpha value is -3.59. The van der Waals surface area contributed by atoms with Gasteiger partial charge in [-0.15, -0.1) is 0 Å². The van der Waals surface area contributed by atoms with Crippen molar-refractivity contribution in [2.45, 2.75) is 6.04 Å². The van der Waals surface area contributed by atoms with Crippen molar-refractivity contribution in [3.05, 3.63) is 85.5 Å². The zero-order valence-electron chi connectivity index (χ0n) is 16.3. The van der Waals surface area contributed by atoms with Gasteiger partial charge in [0.05, 0.1) is 21.9 Å². The molecule has 0 saturated carbocycles. The lowest BCUT2D eigenvalue weighted by Gasteiger charge is -2.26. The van der Waals surface area contributed by atoms with Crippen molar-refractivity contribution in [2.75, 3.05) is 27.2 Å². The number of carbonyl (C=O) groups is 1. The molecule has 1 amide bonds. The largest absolute Gasteiger partial charge is 0.450 e. The first-order valence-corrected chi connectivity index (χ1v) is 9.24. The van der Waals surface area contributed by atoms with E-state index in [1.165, 1.54) is 35.2 Å². The number of non-ortho nitro benzene ring substituents is 1. The van der Waals surface area contributed by atoms with Gasteiger partial charge in [0.2, 0.25) is 5.76 Å². The Morgan fingerprint density at radius 2 is 1.87 bits per heavy atom. The van der Waals surface area contributed by atoms with Crippen LogP contribution in [0.5, 0.6) is 0 Å². The van der Waals surface area contributed by atoms with E-state index in [1.54, 1.807) is 0 Å². The van der Waals surface area contributed by atoms with Crippen molar-refractivity contribution < 1.29 is 18.5 Å². The fraction of sp³-hybridized carbons (Fsp3) is 0.238. The van der Waals surface area contributed by atoms with Crippen molar-refractivity contribution in [2.24, 2.45) is 0 Å². The van der Waals surface area contributed by atoms with Crippen molar-refractivity contribution in [1.82, 2.24) is 9.80 Å². The van der Waals surface area contributed by atoms with Crippen LogP contribution in [0.1, 0.15) is 27.7 Å². The van der Waals surface area contributed by atoms with Gasteiger partial charge in [0, 0.05) is 25.2 Å². The number of hydrogen-bond acceptors (Lipinski definition) is 6. The minimum absolute atomic E-state index is 0.0444. The number of nitrogens with zero attached hydrogens (tertiary/aromatic N) is 3. The quantitative estimate of drug-likeness (QED) is 0.473. The number of halogens is 1. The number of nitro groups is 1. The highest BCUT2D eigenvalue weighted by Crippen LogP contribution is 2.38. The lowest BCUT2D eigenvalue weighted by Crippen LogP contribution is -2.35. The Morgan fingerprint density at radius 3 is 2.50 bits per heavy atom. The average molecular weight is 411 g/mol. The predicted octanol–water partition coefficient (Wildman–Crippen LogP) is 2.95. The lowest BCUT2D eigenvalue weighted by atomic mass is 9.98. The second-order valence-electron chi connectivity index (χ2n) is 7.37. The van der Waals surface area contributed by atoms with E-state index in [-0.39, 0.29) is 28.0 Å². The van der Waals surface area contributed by atoms with Gasteiger partial charge < -0.3 is 14.2 Å². The normalized spacial score (nSPS) is 15.8. The highest BCUT2D eigenvalue weighted by molar-refractivity contribution is 5.99. The molecular formula is C21H18FN3O5. The fourth-order valence-corrected chi connectivity index (χ4v) is 3.66. The Morgan fingerprint density at radius 1 is 1.17 bits per heavy atom. The molecule has 8 nitrogen and oxygen atoms in total. The van der Waals surface area contributed by atoms with Crippen LogP contribution in [0.2, 0.25) is 0 Å². The molecule has 9 heteroatoms. The third kappa shape index (κ3) is 3.22. The van der Waals surface area contributed by atoms with Crippen molar-refractivity contribution in [1.29, 1.82) is 0 Å². The number of fused-ring (bicyclic) bond motifs is 2. The van der Waals surface area contributed by atoms with Gasteiger partial charge >= 0.3 is 0 Å². The maximum absolute atomic E-state index is 13.7. The summed E-state index contributed by atoms with van der Waals surface area (Å²) in [6.07, 6.45) is 0. The number of carbonyl (C=O) groups excluding carboxylic acids is 1. The third-order valence-electron chi connectivity index (χ3n) is 5.14. The Kier molecular flexibility index (Phi) is 4.83. The van der Waals surface area contributed by atoms with Crippen LogP contribution in [0, 0.1) is 15.9 Å². The molecule has 1 atom stereocenters. The fourth-order valence-electron chi connectivity index (χ4n) is 3.66. The van der Waals surface area contributed by atoms with E-state index in [0.717, 1.165) is 12.1 Å². The molecule has 154 valence electrons. The maximum atomic E-state index is 13.7. The van der Waals surface area contributed by atoms with Crippen LogP contribution >= 0.6 is 0 Å². The van der Waals surface area contributed by atoms with Crippen LogP contribution in [0.25, 0.3) is 11.0 Å². The van der Waals surface area contributed by atoms with Crippen molar-refractivity contribution in [3.8, 4) is 0 Å². The Balaban J connectivity index is 1.92. The number of hydrogen-bond donors (Lipinski definition) is 0. The van der Waals surface area contributed by atoms with Crippen LogP contribution in [0.4, 0.5) is 10.1 Å². The summed E-state index contributed by atoms with van der Waals surface area (Å²) >= 11 is 0. The molecule has 1 aromatic heterocycles. The van der Waals surface area contributed by atoms with E-state index in [0.29, 0.717) is 18.7 Å². The molecule has 0 spiro atoms. The Labute approximate surface area is 170 Å². The number of rotatable bonds is 5. The summed E-state index contributed by atoms with van der Waals surface area (Å²) in [7, 11) is 3.71. The van der Waals surface area contributed by atoms with Crippen LogP contribution in [-0.4, -0.2) is 47.8 Å².